The Hall–Kier alpha value is -2.82. The Morgan fingerprint density at radius 3 is 2.43 bits per heavy atom. The number of benzene rings is 2. The number of hydrogen-bond acceptors (Lipinski definition) is 3. The van der Waals surface area contributed by atoms with Gasteiger partial charge in [-0.1, -0.05) is 36.4 Å². The average Bonchev–Trinajstić information content (AvgIpc) is 2.53. The molecule has 1 atom stereocenters. The molecule has 0 bridgehead atoms. The Balaban J connectivity index is 2.21. The molecule has 2 rings (SSSR count). The van der Waals surface area contributed by atoms with E-state index in [0.29, 0.717) is 16.9 Å². The lowest BCUT2D eigenvalue weighted by Gasteiger charge is -2.16. The number of primary amides is 1. The summed E-state index contributed by atoms with van der Waals surface area (Å²) >= 11 is 0. The number of nitrogens with one attached hydrogen (secondary N) is 1. The lowest BCUT2D eigenvalue weighted by Crippen LogP contribution is -2.37. The van der Waals surface area contributed by atoms with Crippen LogP contribution >= 0.6 is 0 Å². The molecule has 0 heterocycles. The van der Waals surface area contributed by atoms with Crippen LogP contribution in [0.2, 0.25) is 0 Å². The molecule has 0 spiro atoms. The molecule has 0 fully saturated rings. The molecule has 3 N–H and O–H groups in total. The lowest BCUT2D eigenvalue weighted by molar-refractivity contribution is -0.120. The van der Waals surface area contributed by atoms with Gasteiger partial charge in [0.25, 0.3) is 5.91 Å². The van der Waals surface area contributed by atoms with Gasteiger partial charge in [0.05, 0.1) is 7.11 Å². The normalized spacial score (nSPS) is 11.5. The highest BCUT2D eigenvalue weighted by atomic mass is 16.5. The topological polar surface area (TPSA) is 81.4 Å². The van der Waals surface area contributed by atoms with E-state index in [9.17, 15) is 9.59 Å². The van der Waals surface area contributed by atoms with Crippen LogP contribution in [0.25, 0.3) is 0 Å². The Morgan fingerprint density at radius 2 is 1.81 bits per heavy atom. The predicted molar refractivity (Wildman–Crippen MR) is 78.8 cm³/mol. The first-order chi connectivity index (χ1) is 10.1. The molecule has 2 aromatic rings. The van der Waals surface area contributed by atoms with Gasteiger partial charge in [-0.15, -0.1) is 0 Å². The SMILES string of the molecule is COc1cccc(C(=O)N[C@H](C(N)=O)c2ccccc2)c1. The van der Waals surface area contributed by atoms with Crippen molar-refractivity contribution in [3.05, 3.63) is 65.7 Å². The van der Waals surface area contributed by atoms with E-state index in [1.165, 1.54) is 7.11 Å². The number of carbonyl (C=O) groups is 2. The lowest BCUT2D eigenvalue weighted by atomic mass is 10.1. The number of carbonyl (C=O) groups excluding carboxylic acids is 2. The van der Waals surface area contributed by atoms with Gasteiger partial charge in [-0.3, -0.25) is 9.59 Å². The molecule has 21 heavy (non-hydrogen) atoms. The zero-order valence-corrected chi connectivity index (χ0v) is 11.6. The molecule has 108 valence electrons. The van der Waals surface area contributed by atoms with Crippen molar-refractivity contribution >= 4 is 11.8 Å². The fourth-order valence-corrected chi connectivity index (χ4v) is 1.94. The number of rotatable bonds is 5. The van der Waals surface area contributed by atoms with Gasteiger partial charge in [-0.05, 0) is 23.8 Å². The van der Waals surface area contributed by atoms with E-state index in [1.807, 2.05) is 6.07 Å². The van der Waals surface area contributed by atoms with Gasteiger partial charge in [0.15, 0.2) is 0 Å². The van der Waals surface area contributed by atoms with Crippen molar-refractivity contribution in [1.29, 1.82) is 0 Å². The number of ether oxygens (including phenoxy) is 1. The largest absolute Gasteiger partial charge is 0.497 e. The van der Waals surface area contributed by atoms with E-state index in [-0.39, 0.29) is 5.91 Å². The van der Waals surface area contributed by atoms with Gasteiger partial charge in [0, 0.05) is 5.56 Å². The molecule has 0 saturated heterocycles. The Labute approximate surface area is 122 Å². The van der Waals surface area contributed by atoms with Gasteiger partial charge in [-0.25, -0.2) is 0 Å². The predicted octanol–water partition coefficient (Wildman–Crippen LogP) is 1.65. The standard InChI is InChI=1S/C16H16N2O3/c1-21-13-9-5-8-12(10-13)16(20)18-14(15(17)19)11-6-3-2-4-7-11/h2-10,14H,1H3,(H2,17,19)(H,18,20)/t14-/m0/s1. The molecule has 5 nitrogen and oxygen atoms in total. The summed E-state index contributed by atoms with van der Waals surface area (Å²) in [5.41, 5.74) is 6.41. The first kappa shape index (κ1) is 14.6. The minimum atomic E-state index is -0.870. The third-order valence-electron chi connectivity index (χ3n) is 3.02. The summed E-state index contributed by atoms with van der Waals surface area (Å²) in [5.74, 6) is -0.433. The van der Waals surface area contributed by atoms with Gasteiger partial charge >= 0.3 is 0 Å². The second kappa shape index (κ2) is 6.56. The van der Waals surface area contributed by atoms with Crippen LogP contribution in [0.3, 0.4) is 0 Å². The molecule has 0 saturated carbocycles. The third-order valence-corrected chi connectivity index (χ3v) is 3.02. The second-order valence-corrected chi connectivity index (χ2v) is 4.45. The summed E-state index contributed by atoms with van der Waals surface area (Å²) < 4.78 is 5.07. The van der Waals surface area contributed by atoms with Crippen molar-refractivity contribution < 1.29 is 14.3 Å². The van der Waals surface area contributed by atoms with Crippen LogP contribution in [-0.4, -0.2) is 18.9 Å². The maximum Gasteiger partial charge on any atom is 0.252 e. The number of methoxy groups -OCH3 is 1. The number of hydrogen-bond donors (Lipinski definition) is 2. The Kier molecular flexibility index (Phi) is 4.56. The molecular weight excluding hydrogens is 268 g/mol. The average molecular weight is 284 g/mol. The summed E-state index contributed by atoms with van der Waals surface area (Å²) in [6, 6.07) is 14.7. The molecular formula is C16H16N2O3. The van der Waals surface area contributed by atoms with Gasteiger partial charge in [0.2, 0.25) is 5.91 Å². The van der Waals surface area contributed by atoms with Crippen LogP contribution < -0.4 is 15.8 Å². The minimum absolute atomic E-state index is 0.387. The molecule has 0 aromatic heterocycles. The van der Waals surface area contributed by atoms with E-state index in [0.717, 1.165) is 0 Å². The number of nitrogens with two attached hydrogens (primary N) is 1. The fourth-order valence-electron chi connectivity index (χ4n) is 1.94. The second-order valence-electron chi connectivity index (χ2n) is 4.45. The van der Waals surface area contributed by atoms with E-state index in [2.05, 4.69) is 5.32 Å². The third kappa shape index (κ3) is 3.60. The van der Waals surface area contributed by atoms with E-state index in [4.69, 9.17) is 10.5 Å². The first-order valence-corrected chi connectivity index (χ1v) is 6.41. The smallest absolute Gasteiger partial charge is 0.252 e. The summed E-state index contributed by atoms with van der Waals surface area (Å²) in [6.07, 6.45) is 0. The summed E-state index contributed by atoms with van der Waals surface area (Å²) in [4.78, 5) is 23.8. The van der Waals surface area contributed by atoms with E-state index >= 15 is 0 Å². The van der Waals surface area contributed by atoms with Crippen LogP contribution in [0.15, 0.2) is 54.6 Å². The van der Waals surface area contributed by atoms with Crippen molar-refractivity contribution in [3.63, 3.8) is 0 Å². The highest BCUT2D eigenvalue weighted by molar-refractivity contribution is 5.97. The van der Waals surface area contributed by atoms with Crippen LogP contribution in [0.4, 0.5) is 0 Å². The monoisotopic (exact) mass is 284 g/mol. The summed E-state index contributed by atoms with van der Waals surface area (Å²) in [5, 5.41) is 2.63. The maximum absolute atomic E-state index is 12.2. The first-order valence-electron chi connectivity index (χ1n) is 6.41. The molecule has 0 aliphatic heterocycles. The quantitative estimate of drug-likeness (QED) is 0.876. The van der Waals surface area contributed by atoms with Gasteiger partial charge in [0.1, 0.15) is 11.8 Å². The highest BCUT2D eigenvalue weighted by Gasteiger charge is 2.20. The van der Waals surface area contributed by atoms with Crippen molar-refractivity contribution in [3.8, 4) is 5.75 Å². The molecule has 5 heteroatoms. The van der Waals surface area contributed by atoms with Crippen LogP contribution in [0.5, 0.6) is 5.75 Å². The molecule has 0 radical (unpaired) electrons. The number of amides is 2. The Morgan fingerprint density at radius 1 is 1.10 bits per heavy atom. The van der Waals surface area contributed by atoms with Gasteiger partial charge < -0.3 is 15.8 Å². The van der Waals surface area contributed by atoms with E-state index in [1.54, 1.807) is 48.5 Å². The zero-order chi connectivity index (χ0) is 15.2. The van der Waals surface area contributed by atoms with E-state index < -0.39 is 11.9 Å². The molecule has 2 amide bonds. The summed E-state index contributed by atoms with van der Waals surface area (Å²) in [7, 11) is 1.52. The van der Waals surface area contributed by atoms with Crippen LogP contribution in [0, 0.1) is 0 Å². The Bertz CT molecular complexity index is 641. The van der Waals surface area contributed by atoms with Crippen molar-refractivity contribution in [2.75, 3.05) is 7.11 Å². The van der Waals surface area contributed by atoms with Crippen molar-refractivity contribution in [2.24, 2.45) is 5.73 Å². The maximum atomic E-state index is 12.2. The minimum Gasteiger partial charge on any atom is -0.497 e. The fraction of sp³-hybridized carbons (Fsp3) is 0.125. The molecule has 0 aliphatic carbocycles. The molecule has 0 unspecified atom stereocenters. The van der Waals surface area contributed by atoms with Crippen molar-refractivity contribution in [2.45, 2.75) is 6.04 Å². The zero-order valence-electron chi connectivity index (χ0n) is 11.6. The molecule has 2 aromatic carbocycles. The van der Waals surface area contributed by atoms with Crippen LogP contribution in [-0.2, 0) is 4.79 Å². The summed E-state index contributed by atoms with van der Waals surface area (Å²) in [6.45, 7) is 0. The van der Waals surface area contributed by atoms with Crippen LogP contribution in [0.1, 0.15) is 22.0 Å². The van der Waals surface area contributed by atoms with Crippen molar-refractivity contribution in [1.82, 2.24) is 5.32 Å². The van der Waals surface area contributed by atoms with Gasteiger partial charge in [-0.2, -0.15) is 0 Å². The molecule has 0 aliphatic rings. The highest BCUT2D eigenvalue weighted by Crippen LogP contribution is 2.16.